The second kappa shape index (κ2) is 8.81. The Morgan fingerprint density at radius 2 is 1.87 bits per heavy atom. The molecule has 0 radical (unpaired) electrons. The van der Waals surface area contributed by atoms with Gasteiger partial charge in [-0.3, -0.25) is 4.79 Å². The van der Waals surface area contributed by atoms with E-state index in [0.717, 1.165) is 21.2 Å². The van der Waals surface area contributed by atoms with Crippen molar-refractivity contribution in [3.63, 3.8) is 0 Å². The van der Waals surface area contributed by atoms with Crippen molar-refractivity contribution >= 4 is 32.4 Å². The highest BCUT2D eigenvalue weighted by molar-refractivity contribution is 7.91. The molecule has 0 atom stereocenters. The van der Waals surface area contributed by atoms with Crippen LogP contribution in [0.25, 0.3) is 11.4 Å². The van der Waals surface area contributed by atoms with Gasteiger partial charge in [0, 0.05) is 19.0 Å². The maximum atomic E-state index is 12.7. The first-order chi connectivity index (χ1) is 14.5. The standard InChI is InChI=1S/C19H24N6O4S2/c1-6-14(26)20-17-22-23-18(30-17)31(27,28)25(5)11-15-21-16(24-29-15)12-7-9-13(10-8-12)19(2,3)4/h7-10H,6,11H2,1-5H3,(H,20,22,26). The van der Waals surface area contributed by atoms with E-state index in [4.69, 9.17) is 4.52 Å². The normalized spacial score (nSPS) is 12.3. The number of nitrogens with zero attached hydrogens (tertiary/aromatic N) is 5. The average Bonchev–Trinajstić information content (AvgIpc) is 3.37. The van der Waals surface area contributed by atoms with Crippen LogP contribution in [-0.2, 0) is 26.8 Å². The van der Waals surface area contributed by atoms with Crippen molar-refractivity contribution in [3.8, 4) is 11.4 Å². The second-order valence-corrected chi connectivity index (χ2v) is 11.1. The van der Waals surface area contributed by atoms with E-state index in [1.165, 1.54) is 12.6 Å². The lowest BCUT2D eigenvalue weighted by Gasteiger charge is -2.18. The molecule has 0 saturated carbocycles. The zero-order valence-electron chi connectivity index (χ0n) is 17.9. The van der Waals surface area contributed by atoms with Crippen molar-refractivity contribution in [1.82, 2.24) is 24.6 Å². The number of rotatable bonds is 7. The highest BCUT2D eigenvalue weighted by atomic mass is 32.2. The van der Waals surface area contributed by atoms with Crippen molar-refractivity contribution in [2.24, 2.45) is 0 Å². The summed E-state index contributed by atoms with van der Waals surface area (Å²) in [6.07, 6.45) is 0.250. The number of amides is 1. The molecule has 31 heavy (non-hydrogen) atoms. The molecule has 1 N–H and O–H groups in total. The predicted octanol–water partition coefficient (Wildman–Crippen LogP) is 3.05. The maximum Gasteiger partial charge on any atom is 0.272 e. The molecule has 10 nitrogen and oxygen atoms in total. The van der Waals surface area contributed by atoms with Crippen LogP contribution in [0.2, 0.25) is 0 Å². The summed E-state index contributed by atoms with van der Waals surface area (Å²) >= 11 is 0.777. The molecule has 0 aliphatic heterocycles. The van der Waals surface area contributed by atoms with Gasteiger partial charge in [0.05, 0.1) is 6.54 Å². The Kier molecular flexibility index (Phi) is 6.53. The fourth-order valence-corrected chi connectivity index (χ4v) is 4.76. The lowest BCUT2D eigenvalue weighted by atomic mass is 9.87. The minimum absolute atomic E-state index is 0.0297. The van der Waals surface area contributed by atoms with Gasteiger partial charge in [-0.05, 0) is 11.0 Å². The number of hydrogen-bond acceptors (Lipinski definition) is 9. The summed E-state index contributed by atoms with van der Waals surface area (Å²) in [6, 6.07) is 7.82. The molecule has 2 aromatic heterocycles. The molecule has 12 heteroatoms. The molecular formula is C19H24N6O4S2. The van der Waals surface area contributed by atoms with E-state index >= 15 is 0 Å². The predicted molar refractivity (Wildman–Crippen MR) is 116 cm³/mol. The van der Waals surface area contributed by atoms with E-state index in [1.54, 1.807) is 6.92 Å². The SMILES string of the molecule is CCC(=O)Nc1nnc(S(=O)(=O)N(C)Cc2nc(-c3ccc(C(C)(C)C)cc3)no2)s1. The minimum atomic E-state index is -3.94. The van der Waals surface area contributed by atoms with Gasteiger partial charge in [-0.25, -0.2) is 8.42 Å². The zero-order chi connectivity index (χ0) is 22.8. The minimum Gasteiger partial charge on any atom is -0.338 e. The van der Waals surface area contributed by atoms with Crippen molar-refractivity contribution < 1.29 is 17.7 Å². The van der Waals surface area contributed by atoms with Crippen molar-refractivity contribution in [3.05, 3.63) is 35.7 Å². The molecular weight excluding hydrogens is 440 g/mol. The smallest absolute Gasteiger partial charge is 0.272 e. The van der Waals surface area contributed by atoms with Gasteiger partial charge in [0.25, 0.3) is 10.0 Å². The summed E-state index contributed by atoms with van der Waals surface area (Å²) in [7, 11) is -2.56. The maximum absolute atomic E-state index is 12.7. The Labute approximate surface area is 184 Å². The Morgan fingerprint density at radius 3 is 2.48 bits per heavy atom. The van der Waals surface area contributed by atoms with Crippen LogP contribution in [0.5, 0.6) is 0 Å². The second-order valence-electron chi connectivity index (χ2n) is 7.88. The molecule has 1 amide bonds. The fourth-order valence-electron chi connectivity index (χ4n) is 2.54. The van der Waals surface area contributed by atoms with Crippen LogP contribution >= 0.6 is 11.3 Å². The Bertz CT molecular complexity index is 1160. The molecule has 0 spiro atoms. The fraction of sp³-hybridized carbons (Fsp3) is 0.421. The van der Waals surface area contributed by atoms with E-state index in [-0.39, 0.29) is 39.6 Å². The lowest BCUT2D eigenvalue weighted by molar-refractivity contribution is -0.115. The first-order valence-corrected chi connectivity index (χ1v) is 11.8. The third-order valence-electron chi connectivity index (χ3n) is 4.44. The van der Waals surface area contributed by atoms with E-state index in [0.29, 0.717) is 5.82 Å². The van der Waals surface area contributed by atoms with Crippen molar-refractivity contribution in [1.29, 1.82) is 0 Å². The van der Waals surface area contributed by atoms with Gasteiger partial charge in [-0.15, -0.1) is 10.2 Å². The number of anilines is 1. The third kappa shape index (κ3) is 5.32. The molecule has 0 bridgehead atoms. The number of nitrogens with one attached hydrogen (secondary N) is 1. The summed E-state index contributed by atoms with van der Waals surface area (Å²) < 4.78 is 31.5. The van der Waals surface area contributed by atoms with Crippen LogP contribution in [0.1, 0.15) is 45.6 Å². The number of aromatic nitrogens is 4. The van der Waals surface area contributed by atoms with Gasteiger partial charge in [-0.1, -0.05) is 68.5 Å². The molecule has 2 heterocycles. The number of hydrogen-bond donors (Lipinski definition) is 1. The van der Waals surface area contributed by atoms with Crippen LogP contribution in [0.15, 0.2) is 33.1 Å². The molecule has 0 saturated heterocycles. The van der Waals surface area contributed by atoms with Crippen molar-refractivity contribution in [2.45, 2.75) is 50.4 Å². The third-order valence-corrected chi connectivity index (χ3v) is 7.43. The molecule has 166 valence electrons. The summed E-state index contributed by atoms with van der Waals surface area (Å²) in [5.74, 6) is 0.245. The Balaban J connectivity index is 1.71. The molecule has 0 aliphatic rings. The number of carbonyl (C=O) groups is 1. The van der Waals surface area contributed by atoms with E-state index < -0.39 is 10.0 Å². The topological polar surface area (TPSA) is 131 Å². The average molecular weight is 465 g/mol. The molecule has 0 unspecified atom stereocenters. The number of sulfonamides is 1. The first kappa shape index (κ1) is 23.0. The summed E-state index contributed by atoms with van der Waals surface area (Å²) in [5.41, 5.74) is 1.98. The summed E-state index contributed by atoms with van der Waals surface area (Å²) in [5, 5.41) is 13.9. The Morgan fingerprint density at radius 1 is 1.19 bits per heavy atom. The molecule has 3 aromatic rings. The molecule has 0 fully saturated rings. The summed E-state index contributed by atoms with van der Waals surface area (Å²) in [6.45, 7) is 7.93. The van der Waals surface area contributed by atoms with E-state index in [9.17, 15) is 13.2 Å². The lowest BCUT2D eigenvalue weighted by Crippen LogP contribution is -2.26. The van der Waals surface area contributed by atoms with Gasteiger partial charge in [0.2, 0.25) is 27.1 Å². The molecule has 3 rings (SSSR count). The van der Waals surface area contributed by atoms with Gasteiger partial charge >= 0.3 is 0 Å². The zero-order valence-corrected chi connectivity index (χ0v) is 19.5. The number of benzene rings is 1. The Hall–Kier alpha value is -2.70. The molecule has 1 aromatic carbocycles. The van der Waals surface area contributed by atoms with E-state index in [1.807, 2.05) is 24.3 Å². The monoisotopic (exact) mass is 464 g/mol. The quantitative estimate of drug-likeness (QED) is 0.528. The summed E-state index contributed by atoms with van der Waals surface area (Å²) in [4.78, 5) is 15.7. The van der Waals surface area contributed by atoms with E-state index in [2.05, 4.69) is 46.4 Å². The van der Waals surface area contributed by atoms with Gasteiger partial charge < -0.3 is 9.84 Å². The van der Waals surface area contributed by atoms with Gasteiger partial charge in [0.1, 0.15) is 0 Å². The van der Waals surface area contributed by atoms with Crippen LogP contribution < -0.4 is 5.32 Å². The number of carbonyl (C=O) groups excluding carboxylic acids is 1. The van der Waals surface area contributed by atoms with Crippen LogP contribution in [0, 0.1) is 0 Å². The van der Waals surface area contributed by atoms with Crippen LogP contribution in [0.4, 0.5) is 5.13 Å². The van der Waals surface area contributed by atoms with Gasteiger partial charge in [0.15, 0.2) is 0 Å². The van der Waals surface area contributed by atoms with Gasteiger partial charge in [-0.2, -0.15) is 9.29 Å². The molecule has 0 aliphatic carbocycles. The highest BCUT2D eigenvalue weighted by Crippen LogP contribution is 2.26. The first-order valence-electron chi connectivity index (χ1n) is 9.54. The van der Waals surface area contributed by atoms with Crippen LogP contribution in [0.3, 0.4) is 0 Å². The highest BCUT2D eigenvalue weighted by Gasteiger charge is 2.28. The largest absolute Gasteiger partial charge is 0.338 e. The van der Waals surface area contributed by atoms with Crippen molar-refractivity contribution in [2.75, 3.05) is 12.4 Å². The van der Waals surface area contributed by atoms with Crippen LogP contribution in [-0.4, -0.2) is 46.0 Å².